The molecule has 8 nitrogen and oxygen atoms in total. The zero-order valence-electron chi connectivity index (χ0n) is 16.0. The van der Waals surface area contributed by atoms with Crippen molar-refractivity contribution < 1.29 is 19.2 Å². The Labute approximate surface area is 170 Å². The Balaban J connectivity index is 1.76. The molecule has 148 valence electrons. The van der Waals surface area contributed by atoms with Crippen LogP contribution in [0.4, 0.5) is 0 Å². The topological polar surface area (TPSA) is 124 Å². The minimum absolute atomic E-state index is 0.0692. The first-order valence-electron chi connectivity index (χ1n) is 8.88. The van der Waals surface area contributed by atoms with E-state index in [1.54, 1.807) is 19.1 Å². The number of aliphatic hydroxyl groups is 1. The molecule has 0 radical (unpaired) electrons. The number of amides is 1. The second-order valence-electron chi connectivity index (χ2n) is 6.98. The largest absolute Gasteiger partial charge is 0.492 e. The van der Waals surface area contributed by atoms with Crippen LogP contribution in [0.2, 0.25) is 0 Å². The van der Waals surface area contributed by atoms with E-state index in [4.69, 9.17) is 15.0 Å². The van der Waals surface area contributed by atoms with Crippen molar-refractivity contribution in [3.8, 4) is 28.8 Å². The second-order valence-corrected chi connectivity index (χ2v) is 8.01. The number of carbonyl (C=O) groups is 1. The predicted octanol–water partition coefficient (Wildman–Crippen LogP) is 2.36. The number of aryl methyl sites for hydroxylation is 1. The van der Waals surface area contributed by atoms with Crippen LogP contribution in [0.1, 0.15) is 51.7 Å². The fourth-order valence-electron chi connectivity index (χ4n) is 2.92. The lowest BCUT2D eigenvalue weighted by Crippen LogP contribution is -2.20. The highest BCUT2D eigenvalue weighted by molar-refractivity contribution is 7.14. The molecule has 0 aliphatic carbocycles. The van der Waals surface area contributed by atoms with Crippen LogP contribution < -0.4 is 10.5 Å². The van der Waals surface area contributed by atoms with Crippen LogP contribution in [0, 0.1) is 18.8 Å². The molecule has 1 aromatic carbocycles. The third-order valence-electron chi connectivity index (χ3n) is 4.45. The lowest BCUT2D eigenvalue weighted by atomic mass is 10.0. The molecule has 0 spiro atoms. The molecule has 4 rings (SSSR count). The Morgan fingerprint density at radius 1 is 1.41 bits per heavy atom. The van der Waals surface area contributed by atoms with Gasteiger partial charge < -0.3 is 20.1 Å². The molecule has 3 N–H and O–H groups in total. The van der Waals surface area contributed by atoms with Crippen LogP contribution >= 0.6 is 11.3 Å². The normalized spacial score (nSPS) is 17.0. The van der Waals surface area contributed by atoms with Crippen molar-refractivity contribution in [1.82, 2.24) is 15.1 Å². The number of nitrogens with two attached hydrogens (primary N) is 1. The second kappa shape index (κ2) is 6.99. The number of nitrogens with zero attached hydrogens (tertiary/aromatic N) is 3. The molecule has 0 saturated heterocycles. The third-order valence-corrected chi connectivity index (χ3v) is 5.75. The van der Waals surface area contributed by atoms with Gasteiger partial charge in [0, 0.05) is 28.8 Å². The summed E-state index contributed by atoms with van der Waals surface area (Å²) in [6.45, 7) is 5.62. The molecule has 1 amide bonds. The Morgan fingerprint density at radius 2 is 2.21 bits per heavy atom. The van der Waals surface area contributed by atoms with Crippen LogP contribution in [-0.2, 0) is 5.60 Å². The maximum Gasteiger partial charge on any atom is 0.277 e. The number of hydrogen-bond acceptors (Lipinski definition) is 8. The van der Waals surface area contributed by atoms with E-state index in [1.807, 2.05) is 13.0 Å². The molecule has 0 unspecified atom stereocenters. The standard InChI is InChI=1S/C20H18N4O4S/c1-10-9-27-14-5-4-12(6-7-20(3,26)19-22-11(2)28-24-19)8-13(14)15-16(10)29-18(23-15)17(21)25/h4-5,8,10,26H,9H2,1-3H3,(H2,21,25)/t10-,20+/m0/s1. The lowest BCUT2D eigenvalue weighted by Gasteiger charge is -2.10. The smallest absolute Gasteiger partial charge is 0.277 e. The van der Waals surface area contributed by atoms with Gasteiger partial charge in [0.05, 0.1) is 12.3 Å². The molecule has 2 aromatic heterocycles. The fourth-order valence-corrected chi connectivity index (χ4v) is 3.89. The van der Waals surface area contributed by atoms with E-state index in [-0.39, 0.29) is 16.7 Å². The summed E-state index contributed by atoms with van der Waals surface area (Å²) in [5, 5.41) is 14.5. The van der Waals surface area contributed by atoms with Gasteiger partial charge in [-0.1, -0.05) is 23.9 Å². The zero-order chi connectivity index (χ0) is 20.8. The van der Waals surface area contributed by atoms with Crippen LogP contribution in [0.15, 0.2) is 22.7 Å². The summed E-state index contributed by atoms with van der Waals surface area (Å²) in [7, 11) is 0. The fraction of sp³-hybridized carbons (Fsp3) is 0.300. The highest BCUT2D eigenvalue weighted by Crippen LogP contribution is 2.41. The predicted molar refractivity (Wildman–Crippen MR) is 105 cm³/mol. The van der Waals surface area contributed by atoms with E-state index < -0.39 is 11.5 Å². The first kappa shape index (κ1) is 19.1. The molecular weight excluding hydrogens is 392 g/mol. The van der Waals surface area contributed by atoms with Gasteiger partial charge in [-0.05, 0) is 25.1 Å². The quantitative estimate of drug-likeness (QED) is 0.621. The van der Waals surface area contributed by atoms with Crippen LogP contribution in [0.3, 0.4) is 0 Å². The number of carbonyl (C=O) groups excluding carboxylic acids is 1. The Bertz CT molecular complexity index is 1170. The number of thiazole rings is 1. The summed E-state index contributed by atoms with van der Waals surface area (Å²) in [5.41, 5.74) is 5.90. The summed E-state index contributed by atoms with van der Waals surface area (Å²) in [4.78, 5) is 21.0. The first-order valence-corrected chi connectivity index (χ1v) is 9.70. The highest BCUT2D eigenvalue weighted by Gasteiger charge is 2.28. The zero-order valence-corrected chi connectivity index (χ0v) is 16.8. The molecule has 29 heavy (non-hydrogen) atoms. The maximum atomic E-state index is 11.6. The van der Waals surface area contributed by atoms with Crippen molar-refractivity contribution in [2.45, 2.75) is 32.3 Å². The molecule has 9 heteroatoms. The summed E-state index contributed by atoms with van der Waals surface area (Å²) in [6, 6.07) is 5.42. The lowest BCUT2D eigenvalue weighted by molar-refractivity contribution is 0.0999. The van der Waals surface area contributed by atoms with Crippen LogP contribution in [-0.4, -0.2) is 32.7 Å². The van der Waals surface area contributed by atoms with E-state index in [9.17, 15) is 9.90 Å². The number of fused-ring (bicyclic) bond motifs is 3. The van der Waals surface area contributed by atoms with Crippen molar-refractivity contribution in [3.05, 3.63) is 45.4 Å². The van der Waals surface area contributed by atoms with E-state index >= 15 is 0 Å². The van der Waals surface area contributed by atoms with Crippen LogP contribution in [0.25, 0.3) is 11.3 Å². The van der Waals surface area contributed by atoms with Gasteiger partial charge in [0.2, 0.25) is 11.7 Å². The number of primary amides is 1. The van der Waals surface area contributed by atoms with Gasteiger partial charge in [0.15, 0.2) is 10.6 Å². The summed E-state index contributed by atoms with van der Waals surface area (Å²) in [6.07, 6.45) is 0. The van der Waals surface area contributed by atoms with Crippen molar-refractivity contribution in [2.24, 2.45) is 5.73 Å². The van der Waals surface area contributed by atoms with Crippen molar-refractivity contribution >= 4 is 17.2 Å². The Kier molecular flexibility index (Phi) is 4.61. The number of hydrogen-bond donors (Lipinski definition) is 2. The van der Waals surface area contributed by atoms with Gasteiger partial charge in [0.25, 0.3) is 5.91 Å². The number of benzene rings is 1. The average Bonchev–Trinajstić information content (AvgIpc) is 3.29. The highest BCUT2D eigenvalue weighted by atomic mass is 32.1. The van der Waals surface area contributed by atoms with E-state index in [0.717, 1.165) is 10.4 Å². The maximum absolute atomic E-state index is 11.6. The van der Waals surface area contributed by atoms with E-state index in [1.165, 1.54) is 18.3 Å². The first-order chi connectivity index (χ1) is 13.7. The Morgan fingerprint density at radius 3 is 2.90 bits per heavy atom. The van der Waals surface area contributed by atoms with Gasteiger partial charge in [0.1, 0.15) is 5.75 Å². The van der Waals surface area contributed by atoms with Crippen molar-refractivity contribution in [3.63, 3.8) is 0 Å². The number of aromatic nitrogens is 3. The molecule has 0 saturated carbocycles. The summed E-state index contributed by atoms with van der Waals surface area (Å²) < 4.78 is 10.8. The molecule has 1 aliphatic heterocycles. The minimum Gasteiger partial charge on any atom is -0.492 e. The third kappa shape index (κ3) is 3.60. The molecule has 2 atom stereocenters. The molecule has 3 heterocycles. The molecule has 0 bridgehead atoms. The molecule has 0 fully saturated rings. The van der Waals surface area contributed by atoms with Gasteiger partial charge in [-0.2, -0.15) is 4.98 Å². The number of rotatable bonds is 2. The van der Waals surface area contributed by atoms with Crippen molar-refractivity contribution in [1.29, 1.82) is 0 Å². The molecule has 1 aliphatic rings. The van der Waals surface area contributed by atoms with Gasteiger partial charge in [-0.3, -0.25) is 4.79 Å². The van der Waals surface area contributed by atoms with Gasteiger partial charge >= 0.3 is 0 Å². The SMILES string of the molecule is Cc1nc([C@](C)(O)C#Cc2ccc3c(c2)-c2nc(C(N)=O)sc2[C@@H](C)CO3)no1. The minimum atomic E-state index is -1.57. The van der Waals surface area contributed by atoms with Gasteiger partial charge in [-0.15, -0.1) is 11.3 Å². The Hall–Kier alpha value is -3.22. The van der Waals surface area contributed by atoms with Crippen molar-refractivity contribution in [2.75, 3.05) is 6.61 Å². The summed E-state index contributed by atoms with van der Waals surface area (Å²) >= 11 is 1.28. The molecular formula is C20H18N4O4S. The van der Waals surface area contributed by atoms with Crippen LogP contribution in [0.5, 0.6) is 5.75 Å². The van der Waals surface area contributed by atoms with E-state index in [2.05, 4.69) is 27.0 Å². The monoisotopic (exact) mass is 410 g/mol. The van der Waals surface area contributed by atoms with E-state index in [0.29, 0.717) is 29.5 Å². The molecule has 3 aromatic rings. The number of ether oxygens (including phenoxy) is 1. The summed E-state index contributed by atoms with van der Waals surface area (Å²) in [5.74, 6) is 6.33. The van der Waals surface area contributed by atoms with Gasteiger partial charge in [-0.25, -0.2) is 4.98 Å². The average molecular weight is 410 g/mol.